The monoisotopic (exact) mass is 410 g/mol. The van der Waals surface area contributed by atoms with Crippen molar-refractivity contribution in [1.29, 1.82) is 0 Å². The number of carbonyl (C=O) groups excluding carboxylic acids is 1. The average Bonchev–Trinajstić information content (AvgIpc) is 2.83. The predicted octanol–water partition coefficient (Wildman–Crippen LogP) is 4.66. The number of pyridine rings is 1. The summed E-state index contributed by atoms with van der Waals surface area (Å²) in [6.07, 6.45) is 0.928. The first-order valence-corrected chi connectivity index (χ1v) is 10.4. The molecular formula is C27H26N2O2. The van der Waals surface area contributed by atoms with Gasteiger partial charge in [-0.2, -0.15) is 0 Å². The van der Waals surface area contributed by atoms with Gasteiger partial charge in [-0.25, -0.2) is 0 Å². The van der Waals surface area contributed by atoms with E-state index in [2.05, 4.69) is 0 Å². The maximum absolute atomic E-state index is 13.1. The van der Waals surface area contributed by atoms with Gasteiger partial charge in [-0.15, -0.1) is 0 Å². The van der Waals surface area contributed by atoms with Crippen molar-refractivity contribution in [1.82, 2.24) is 4.98 Å². The third kappa shape index (κ3) is 4.49. The van der Waals surface area contributed by atoms with Gasteiger partial charge in [-0.05, 0) is 36.1 Å². The van der Waals surface area contributed by atoms with Crippen LogP contribution in [-0.2, 0) is 27.9 Å². The number of nitrogens with two attached hydrogens (primary N) is 1. The molecule has 0 bridgehead atoms. The van der Waals surface area contributed by atoms with E-state index in [9.17, 15) is 4.79 Å². The summed E-state index contributed by atoms with van der Waals surface area (Å²) < 4.78 is 5.23. The number of benzene rings is 3. The fourth-order valence-corrected chi connectivity index (χ4v) is 4.12. The van der Waals surface area contributed by atoms with Gasteiger partial charge in [0.1, 0.15) is 0 Å². The molecule has 4 nitrogen and oxygen atoms in total. The van der Waals surface area contributed by atoms with Crippen molar-refractivity contribution >= 4 is 16.9 Å². The first-order valence-electron chi connectivity index (χ1n) is 10.4. The van der Waals surface area contributed by atoms with Crippen molar-refractivity contribution in [2.75, 3.05) is 7.11 Å². The van der Waals surface area contributed by atoms with Gasteiger partial charge >= 0.3 is 5.97 Å². The first kappa shape index (κ1) is 20.8. The molecule has 0 aliphatic carbocycles. The molecule has 4 aromatic rings. The zero-order chi connectivity index (χ0) is 21.7. The lowest BCUT2D eigenvalue weighted by Crippen LogP contribution is -2.51. The van der Waals surface area contributed by atoms with Gasteiger partial charge in [0, 0.05) is 5.39 Å². The van der Waals surface area contributed by atoms with Crippen molar-refractivity contribution in [3.8, 4) is 0 Å². The molecule has 2 unspecified atom stereocenters. The highest BCUT2D eigenvalue weighted by molar-refractivity contribution is 5.79. The minimum Gasteiger partial charge on any atom is -0.469 e. The molecule has 1 heterocycles. The summed E-state index contributed by atoms with van der Waals surface area (Å²) in [4.78, 5) is 18.0. The molecule has 2 N–H and O–H groups in total. The van der Waals surface area contributed by atoms with E-state index in [0.29, 0.717) is 18.5 Å². The van der Waals surface area contributed by atoms with E-state index in [4.69, 9.17) is 15.5 Å². The molecule has 2 atom stereocenters. The van der Waals surface area contributed by atoms with Crippen molar-refractivity contribution < 1.29 is 9.53 Å². The topological polar surface area (TPSA) is 65.2 Å². The van der Waals surface area contributed by atoms with Crippen molar-refractivity contribution in [2.45, 2.75) is 18.4 Å². The zero-order valence-corrected chi connectivity index (χ0v) is 17.6. The van der Waals surface area contributed by atoms with E-state index in [1.54, 1.807) is 0 Å². The molecular weight excluding hydrogens is 384 g/mol. The summed E-state index contributed by atoms with van der Waals surface area (Å²) in [7, 11) is 1.41. The Morgan fingerprint density at radius 1 is 0.871 bits per heavy atom. The maximum atomic E-state index is 13.1. The highest BCUT2D eigenvalue weighted by Gasteiger charge is 2.43. The first-order chi connectivity index (χ1) is 15.1. The normalized spacial score (nSPS) is 14.0. The largest absolute Gasteiger partial charge is 0.469 e. The van der Waals surface area contributed by atoms with Crippen LogP contribution in [0, 0.1) is 5.92 Å². The van der Waals surface area contributed by atoms with Crippen LogP contribution < -0.4 is 5.73 Å². The number of ether oxygens (including phenoxy) is 1. The Labute approximate surface area is 182 Å². The quantitative estimate of drug-likeness (QED) is 0.450. The molecule has 0 aliphatic rings. The van der Waals surface area contributed by atoms with Crippen LogP contribution in [0.15, 0.2) is 97.1 Å². The molecule has 0 amide bonds. The van der Waals surface area contributed by atoms with Crippen LogP contribution in [0.3, 0.4) is 0 Å². The van der Waals surface area contributed by atoms with E-state index in [1.807, 2.05) is 97.1 Å². The van der Waals surface area contributed by atoms with E-state index in [-0.39, 0.29) is 5.97 Å². The predicted molar refractivity (Wildman–Crippen MR) is 123 cm³/mol. The molecule has 0 spiro atoms. The number of hydrogen-bond donors (Lipinski definition) is 1. The van der Waals surface area contributed by atoms with E-state index >= 15 is 0 Å². The molecule has 3 aromatic carbocycles. The molecule has 0 saturated heterocycles. The number of carbonyl (C=O) groups is 1. The third-order valence-electron chi connectivity index (χ3n) is 5.80. The van der Waals surface area contributed by atoms with Crippen molar-refractivity contribution in [3.63, 3.8) is 0 Å². The molecule has 156 valence electrons. The number of hydrogen-bond acceptors (Lipinski definition) is 4. The Kier molecular flexibility index (Phi) is 6.10. The Morgan fingerprint density at radius 2 is 1.48 bits per heavy atom. The second kappa shape index (κ2) is 9.11. The van der Waals surface area contributed by atoms with Gasteiger partial charge in [-0.3, -0.25) is 9.78 Å². The van der Waals surface area contributed by atoms with E-state index in [1.165, 1.54) is 7.11 Å². The average molecular weight is 411 g/mol. The summed E-state index contributed by atoms with van der Waals surface area (Å²) >= 11 is 0. The summed E-state index contributed by atoms with van der Waals surface area (Å²) in [5.41, 5.74) is 9.71. The number of fused-ring (bicyclic) bond motifs is 1. The van der Waals surface area contributed by atoms with E-state index < -0.39 is 11.5 Å². The molecule has 0 radical (unpaired) electrons. The van der Waals surface area contributed by atoms with Crippen LogP contribution >= 0.6 is 0 Å². The smallest absolute Gasteiger partial charge is 0.311 e. The highest BCUT2D eigenvalue weighted by atomic mass is 16.5. The Hall–Kier alpha value is -3.50. The number of esters is 1. The number of aromatic nitrogens is 1. The summed E-state index contributed by atoms with van der Waals surface area (Å²) in [5.74, 6) is -0.939. The van der Waals surface area contributed by atoms with Gasteiger partial charge in [-0.1, -0.05) is 84.9 Å². The molecule has 4 heteroatoms. The number of nitrogens with zero attached hydrogens (tertiary/aromatic N) is 1. The van der Waals surface area contributed by atoms with Crippen molar-refractivity contribution in [2.24, 2.45) is 11.7 Å². The number of methoxy groups -OCH3 is 1. The van der Waals surface area contributed by atoms with Crippen LogP contribution in [0.5, 0.6) is 0 Å². The van der Waals surface area contributed by atoms with Gasteiger partial charge < -0.3 is 10.5 Å². The van der Waals surface area contributed by atoms with Gasteiger partial charge in [0.15, 0.2) is 0 Å². The van der Waals surface area contributed by atoms with Crippen LogP contribution in [0.25, 0.3) is 10.9 Å². The minimum absolute atomic E-state index is 0.336. The third-order valence-corrected chi connectivity index (χ3v) is 5.80. The number of rotatable bonds is 7. The fraction of sp³-hybridized carbons (Fsp3) is 0.185. The standard InChI is InChI=1S/C27H26N2O2/c1-31-26(30)23(18-20-10-4-2-5-11-20)27(28,19-21-12-6-3-7-13-21)25-17-16-22-14-8-9-15-24(22)29-25/h2-17,23H,18-19,28H2,1H3. The molecule has 0 aliphatic heterocycles. The summed E-state index contributed by atoms with van der Waals surface area (Å²) in [5, 5.41) is 1.03. The Morgan fingerprint density at radius 3 is 2.16 bits per heavy atom. The Balaban J connectivity index is 1.84. The lowest BCUT2D eigenvalue weighted by Gasteiger charge is -2.36. The lowest BCUT2D eigenvalue weighted by atomic mass is 9.74. The SMILES string of the molecule is COC(=O)C(Cc1ccccc1)C(N)(Cc1ccccc1)c1ccc2ccccc2n1. The second-order valence-electron chi connectivity index (χ2n) is 7.86. The van der Waals surface area contributed by atoms with E-state index in [0.717, 1.165) is 22.0 Å². The van der Waals surface area contributed by atoms with Crippen LogP contribution in [0.4, 0.5) is 0 Å². The number of para-hydroxylation sites is 1. The van der Waals surface area contributed by atoms with Crippen LogP contribution in [0.1, 0.15) is 16.8 Å². The Bertz CT molecular complexity index is 1160. The van der Waals surface area contributed by atoms with Crippen molar-refractivity contribution in [3.05, 3.63) is 114 Å². The van der Waals surface area contributed by atoms with Gasteiger partial charge in [0.25, 0.3) is 0 Å². The maximum Gasteiger partial charge on any atom is 0.311 e. The van der Waals surface area contributed by atoms with Crippen LogP contribution in [0.2, 0.25) is 0 Å². The molecule has 4 rings (SSSR count). The zero-order valence-electron chi connectivity index (χ0n) is 17.6. The highest BCUT2D eigenvalue weighted by Crippen LogP contribution is 2.34. The van der Waals surface area contributed by atoms with Crippen LogP contribution in [-0.4, -0.2) is 18.1 Å². The molecule has 0 fully saturated rings. The summed E-state index contributed by atoms with van der Waals surface area (Å²) in [6, 6.07) is 31.8. The van der Waals surface area contributed by atoms with Gasteiger partial charge in [0.2, 0.25) is 0 Å². The minimum atomic E-state index is -1.05. The molecule has 1 aromatic heterocycles. The fourth-order valence-electron chi connectivity index (χ4n) is 4.12. The van der Waals surface area contributed by atoms with Gasteiger partial charge in [0.05, 0.1) is 29.8 Å². The lowest BCUT2D eigenvalue weighted by molar-refractivity contribution is -0.148. The summed E-state index contributed by atoms with van der Waals surface area (Å²) in [6.45, 7) is 0. The molecule has 0 saturated carbocycles. The molecule has 31 heavy (non-hydrogen) atoms. The second-order valence-corrected chi connectivity index (χ2v) is 7.86.